The summed E-state index contributed by atoms with van der Waals surface area (Å²) in [6, 6.07) is 10.7. The highest BCUT2D eigenvalue weighted by atomic mass is 35.5. The summed E-state index contributed by atoms with van der Waals surface area (Å²) in [6.07, 6.45) is 0. The summed E-state index contributed by atoms with van der Waals surface area (Å²) in [5.74, 6) is -1.68. The van der Waals surface area contributed by atoms with E-state index in [1.807, 2.05) is 0 Å². The van der Waals surface area contributed by atoms with Crippen LogP contribution in [0.2, 0.25) is 5.02 Å². The number of nitrogens with zero attached hydrogens (tertiary/aromatic N) is 3. The molecule has 8 nitrogen and oxygen atoms in total. The van der Waals surface area contributed by atoms with Crippen molar-refractivity contribution in [1.29, 1.82) is 0 Å². The minimum absolute atomic E-state index is 0.154. The Labute approximate surface area is 173 Å². The number of oxime groups is 1. The van der Waals surface area contributed by atoms with Gasteiger partial charge in [0, 0.05) is 22.7 Å². The molecular weight excluding hydrogens is 433 g/mol. The van der Waals surface area contributed by atoms with Gasteiger partial charge in [-0.05, 0) is 23.8 Å². The normalized spacial score (nSPS) is 14.5. The van der Waals surface area contributed by atoms with Crippen molar-refractivity contribution in [2.24, 2.45) is 5.16 Å². The van der Waals surface area contributed by atoms with Crippen molar-refractivity contribution < 1.29 is 19.3 Å². The molecule has 0 radical (unpaired) electrons. The Hall–Kier alpha value is -2.68. The fraction of sp³-hybridized carbons (Fsp3) is 0.118. The van der Waals surface area contributed by atoms with Gasteiger partial charge in [-0.1, -0.05) is 52.1 Å². The third kappa shape index (κ3) is 4.09. The number of rotatable bonds is 5. The monoisotopic (exact) mass is 441 g/mol. The second kappa shape index (κ2) is 8.14. The van der Waals surface area contributed by atoms with Crippen LogP contribution in [0.25, 0.3) is 0 Å². The minimum atomic E-state index is -1.49. The molecule has 144 valence electrons. The fourth-order valence-electron chi connectivity index (χ4n) is 2.56. The molecule has 1 heterocycles. The van der Waals surface area contributed by atoms with Gasteiger partial charge in [-0.25, -0.2) is 4.79 Å². The first-order chi connectivity index (χ1) is 13.3. The molecule has 0 aromatic heterocycles. The summed E-state index contributed by atoms with van der Waals surface area (Å²) in [5, 5.41) is 15.2. The van der Waals surface area contributed by atoms with E-state index in [0.29, 0.717) is 10.7 Å². The number of nitro groups is 1. The van der Waals surface area contributed by atoms with Gasteiger partial charge in [-0.15, -0.1) is 0 Å². The van der Waals surface area contributed by atoms with Crippen molar-refractivity contribution in [2.45, 2.75) is 11.4 Å². The Balaban J connectivity index is 2.00. The number of hydrogen-bond donors (Lipinski definition) is 0. The maximum atomic E-state index is 12.8. The van der Waals surface area contributed by atoms with Crippen LogP contribution in [0.1, 0.15) is 11.1 Å². The standard InChI is InChI=1S/C17H10Cl3N3O5/c18-10-3-1-9(2-4-10)8-22-13-6-5-11(23(26)27)7-12(13)14(16(22)24)21-28-17(25)15(19)20/h1-7,15H,8H2. The Morgan fingerprint density at radius 1 is 1.21 bits per heavy atom. The molecule has 0 bridgehead atoms. The van der Waals surface area contributed by atoms with Gasteiger partial charge >= 0.3 is 5.97 Å². The highest BCUT2D eigenvalue weighted by molar-refractivity contribution is 6.55. The molecule has 0 atom stereocenters. The van der Waals surface area contributed by atoms with Crippen molar-refractivity contribution in [3.05, 3.63) is 68.7 Å². The summed E-state index contributed by atoms with van der Waals surface area (Å²) in [5.41, 5.74) is 0.790. The number of anilines is 1. The Morgan fingerprint density at radius 2 is 1.89 bits per heavy atom. The molecule has 0 unspecified atom stereocenters. The number of hydrogen-bond acceptors (Lipinski definition) is 6. The van der Waals surface area contributed by atoms with E-state index in [0.717, 1.165) is 5.56 Å². The van der Waals surface area contributed by atoms with Crippen molar-refractivity contribution in [3.8, 4) is 0 Å². The maximum absolute atomic E-state index is 12.8. The summed E-state index contributed by atoms with van der Waals surface area (Å²) >= 11 is 16.7. The van der Waals surface area contributed by atoms with Gasteiger partial charge in [0.05, 0.1) is 17.2 Å². The molecule has 2 aromatic carbocycles. The van der Waals surface area contributed by atoms with Gasteiger partial charge in [-0.2, -0.15) is 0 Å². The first-order valence-corrected chi connectivity index (χ1v) is 8.95. The van der Waals surface area contributed by atoms with Crippen LogP contribution in [0.15, 0.2) is 47.6 Å². The quantitative estimate of drug-likeness (QED) is 0.303. The summed E-state index contributed by atoms with van der Waals surface area (Å²) in [6.45, 7) is 0.154. The van der Waals surface area contributed by atoms with Gasteiger partial charge in [0.15, 0.2) is 5.71 Å². The van der Waals surface area contributed by atoms with Crippen LogP contribution in [-0.2, 0) is 21.0 Å². The number of amides is 1. The van der Waals surface area contributed by atoms with Gasteiger partial charge in [0.1, 0.15) is 0 Å². The highest BCUT2D eigenvalue weighted by Crippen LogP contribution is 2.34. The van der Waals surface area contributed by atoms with Crippen LogP contribution < -0.4 is 4.90 Å². The van der Waals surface area contributed by atoms with E-state index in [-0.39, 0.29) is 23.5 Å². The highest BCUT2D eigenvalue weighted by Gasteiger charge is 2.36. The largest absolute Gasteiger partial charge is 0.367 e. The number of benzene rings is 2. The molecule has 1 amide bonds. The Kier molecular flexibility index (Phi) is 5.83. The van der Waals surface area contributed by atoms with Gasteiger partial charge in [-0.3, -0.25) is 14.9 Å². The summed E-state index contributed by atoms with van der Waals surface area (Å²) < 4.78 is 0. The van der Waals surface area contributed by atoms with Crippen LogP contribution >= 0.6 is 34.8 Å². The average Bonchev–Trinajstić information content (AvgIpc) is 2.92. The van der Waals surface area contributed by atoms with Crippen LogP contribution in [0.3, 0.4) is 0 Å². The predicted molar refractivity (Wildman–Crippen MR) is 104 cm³/mol. The fourth-order valence-corrected chi connectivity index (χ4v) is 2.77. The number of halogens is 3. The molecular formula is C17H10Cl3N3O5. The van der Waals surface area contributed by atoms with Crippen molar-refractivity contribution in [1.82, 2.24) is 0 Å². The smallest absolute Gasteiger partial charge is 0.314 e. The SMILES string of the molecule is O=C(ON=C1C(=O)N(Cc2ccc(Cl)cc2)c2ccc([N+](=O)[O-])cc21)C(Cl)Cl. The second-order valence-electron chi connectivity index (χ2n) is 5.63. The number of fused-ring (bicyclic) bond motifs is 1. The Morgan fingerprint density at radius 3 is 2.50 bits per heavy atom. The van der Waals surface area contributed by atoms with Crippen LogP contribution in [0.4, 0.5) is 11.4 Å². The summed E-state index contributed by atoms with van der Waals surface area (Å²) in [4.78, 5) is 39.2. The molecule has 1 aliphatic rings. The van der Waals surface area contributed by atoms with E-state index in [4.69, 9.17) is 34.8 Å². The Bertz CT molecular complexity index is 992. The lowest BCUT2D eigenvalue weighted by Crippen LogP contribution is -2.30. The molecule has 0 spiro atoms. The molecule has 0 saturated heterocycles. The molecule has 0 N–H and O–H groups in total. The topological polar surface area (TPSA) is 102 Å². The van der Waals surface area contributed by atoms with Crippen LogP contribution in [0.5, 0.6) is 0 Å². The number of carbonyl (C=O) groups excluding carboxylic acids is 2. The third-order valence-corrected chi connectivity index (χ3v) is 4.45. The molecule has 2 aromatic rings. The second-order valence-corrected chi connectivity index (χ2v) is 7.16. The van der Waals surface area contributed by atoms with Gasteiger partial charge in [0.25, 0.3) is 11.6 Å². The predicted octanol–water partition coefficient (Wildman–Crippen LogP) is 3.85. The van der Waals surface area contributed by atoms with Crippen molar-refractivity contribution in [3.63, 3.8) is 0 Å². The molecule has 28 heavy (non-hydrogen) atoms. The zero-order valence-electron chi connectivity index (χ0n) is 13.8. The number of carbonyl (C=O) groups is 2. The zero-order chi connectivity index (χ0) is 20.4. The molecule has 11 heteroatoms. The van der Waals surface area contributed by atoms with Gasteiger partial charge in [0.2, 0.25) is 4.84 Å². The number of non-ortho nitro benzene ring substituents is 1. The summed E-state index contributed by atoms with van der Waals surface area (Å²) in [7, 11) is 0. The average molecular weight is 443 g/mol. The molecule has 3 rings (SSSR count). The van der Waals surface area contributed by atoms with Crippen LogP contribution in [0, 0.1) is 10.1 Å². The van der Waals surface area contributed by atoms with E-state index in [1.54, 1.807) is 24.3 Å². The van der Waals surface area contributed by atoms with Crippen LogP contribution in [-0.4, -0.2) is 27.3 Å². The minimum Gasteiger partial charge on any atom is -0.314 e. The lowest BCUT2D eigenvalue weighted by Gasteiger charge is -2.16. The van der Waals surface area contributed by atoms with Crippen molar-refractivity contribution in [2.75, 3.05) is 4.90 Å². The van der Waals surface area contributed by atoms with E-state index < -0.39 is 21.6 Å². The molecule has 0 aliphatic carbocycles. The van der Waals surface area contributed by atoms with E-state index in [1.165, 1.54) is 23.1 Å². The molecule has 0 saturated carbocycles. The number of nitro benzene ring substituents is 1. The first kappa shape index (κ1) is 20.1. The molecule has 0 fully saturated rings. The first-order valence-electron chi connectivity index (χ1n) is 7.70. The third-order valence-electron chi connectivity index (χ3n) is 3.84. The van der Waals surface area contributed by atoms with Crippen molar-refractivity contribution >= 4 is 63.8 Å². The van der Waals surface area contributed by atoms with Gasteiger partial charge < -0.3 is 9.74 Å². The lowest BCUT2D eigenvalue weighted by molar-refractivity contribution is -0.384. The zero-order valence-corrected chi connectivity index (χ0v) is 16.1. The lowest BCUT2D eigenvalue weighted by atomic mass is 10.1. The molecule has 1 aliphatic heterocycles. The van der Waals surface area contributed by atoms with E-state index in [9.17, 15) is 19.7 Å². The van der Waals surface area contributed by atoms with E-state index >= 15 is 0 Å². The number of alkyl halides is 2. The van der Waals surface area contributed by atoms with E-state index in [2.05, 4.69) is 9.99 Å². The maximum Gasteiger partial charge on any atom is 0.367 e.